The number of carbonyl (C=O) groups excluding carboxylic acids is 1. The molecule has 2 aromatic carbocycles. The van der Waals surface area contributed by atoms with Crippen LogP contribution in [0.5, 0.6) is 5.75 Å². The molecule has 0 N–H and O–H groups in total. The Hall–Kier alpha value is -2.16. The zero-order valence-corrected chi connectivity index (χ0v) is 11.9. The first-order valence-corrected chi connectivity index (χ1v) is 6.44. The van der Waals surface area contributed by atoms with Crippen LogP contribution in [0.1, 0.15) is 27.0 Å². The van der Waals surface area contributed by atoms with E-state index >= 15 is 0 Å². The summed E-state index contributed by atoms with van der Waals surface area (Å²) >= 11 is 0. The van der Waals surface area contributed by atoms with Gasteiger partial charge in [0, 0.05) is 12.0 Å². The van der Waals surface area contributed by atoms with E-state index in [1.807, 2.05) is 31.2 Å². The van der Waals surface area contributed by atoms with Crippen molar-refractivity contribution in [2.75, 3.05) is 7.11 Å². The second kappa shape index (κ2) is 5.87. The van der Waals surface area contributed by atoms with E-state index in [1.165, 1.54) is 6.07 Å². The van der Waals surface area contributed by atoms with E-state index in [4.69, 9.17) is 4.74 Å². The van der Waals surface area contributed by atoms with Gasteiger partial charge >= 0.3 is 0 Å². The fourth-order valence-electron chi connectivity index (χ4n) is 2.38. The van der Waals surface area contributed by atoms with Gasteiger partial charge in [-0.15, -0.1) is 0 Å². The van der Waals surface area contributed by atoms with Crippen LogP contribution in [-0.4, -0.2) is 12.9 Å². The minimum atomic E-state index is -0.456. The second-order valence-electron chi connectivity index (χ2n) is 4.85. The van der Waals surface area contributed by atoms with Crippen molar-refractivity contribution in [1.82, 2.24) is 0 Å². The number of halogens is 1. The Labute approximate surface area is 118 Å². The molecule has 20 heavy (non-hydrogen) atoms. The lowest BCUT2D eigenvalue weighted by atomic mass is 9.97. The average Bonchev–Trinajstić information content (AvgIpc) is 2.38. The minimum absolute atomic E-state index is 0.130. The van der Waals surface area contributed by atoms with Crippen LogP contribution >= 0.6 is 0 Å². The second-order valence-corrected chi connectivity index (χ2v) is 4.85. The van der Waals surface area contributed by atoms with Crippen molar-refractivity contribution in [3.05, 3.63) is 64.5 Å². The number of benzene rings is 2. The molecule has 104 valence electrons. The van der Waals surface area contributed by atoms with Gasteiger partial charge in [0.15, 0.2) is 5.78 Å². The van der Waals surface area contributed by atoms with Crippen LogP contribution in [0.25, 0.3) is 0 Å². The Morgan fingerprint density at radius 2 is 1.90 bits per heavy atom. The number of ketones is 1. The molecule has 0 saturated carbocycles. The topological polar surface area (TPSA) is 26.3 Å². The number of ether oxygens (including phenoxy) is 1. The monoisotopic (exact) mass is 272 g/mol. The Morgan fingerprint density at radius 3 is 2.55 bits per heavy atom. The van der Waals surface area contributed by atoms with Gasteiger partial charge in [-0.3, -0.25) is 4.79 Å². The van der Waals surface area contributed by atoms with E-state index in [9.17, 15) is 9.18 Å². The van der Waals surface area contributed by atoms with Gasteiger partial charge in [-0.25, -0.2) is 4.39 Å². The Morgan fingerprint density at radius 1 is 1.20 bits per heavy atom. The van der Waals surface area contributed by atoms with Crippen molar-refractivity contribution in [2.45, 2.75) is 20.3 Å². The molecular weight excluding hydrogens is 255 g/mol. The molecule has 0 amide bonds. The third-order valence-corrected chi connectivity index (χ3v) is 3.25. The van der Waals surface area contributed by atoms with Gasteiger partial charge in [0.1, 0.15) is 11.6 Å². The van der Waals surface area contributed by atoms with E-state index in [-0.39, 0.29) is 17.8 Å². The number of para-hydroxylation sites is 1. The molecule has 0 saturated heterocycles. The number of hydrogen-bond donors (Lipinski definition) is 0. The highest BCUT2D eigenvalue weighted by molar-refractivity contribution is 5.99. The summed E-state index contributed by atoms with van der Waals surface area (Å²) in [6.07, 6.45) is 0.130. The highest BCUT2D eigenvalue weighted by atomic mass is 19.1. The first-order chi connectivity index (χ1) is 9.52. The van der Waals surface area contributed by atoms with Gasteiger partial charge in [0.05, 0.1) is 12.7 Å². The average molecular weight is 272 g/mol. The van der Waals surface area contributed by atoms with Gasteiger partial charge < -0.3 is 4.74 Å². The molecule has 2 nitrogen and oxygen atoms in total. The number of rotatable bonds is 4. The van der Waals surface area contributed by atoms with Crippen molar-refractivity contribution in [3.8, 4) is 5.75 Å². The third-order valence-electron chi connectivity index (χ3n) is 3.25. The van der Waals surface area contributed by atoms with Crippen molar-refractivity contribution in [2.24, 2.45) is 0 Å². The third kappa shape index (κ3) is 2.87. The van der Waals surface area contributed by atoms with Gasteiger partial charge in [-0.2, -0.15) is 0 Å². The maximum atomic E-state index is 14.0. The Bertz CT molecular complexity index is 624. The molecule has 0 aliphatic heterocycles. The molecule has 0 bridgehead atoms. The van der Waals surface area contributed by atoms with Gasteiger partial charge in [0.25, 0.3) is 0 Å². The molecule has 0 spiro atoms. The first kappa shape index (κ1) is 14.3. The molecule has 3 heteroatoms. The van der Waals surface area contributed by atoms with Crippen molar-refractivity contribution >= 4 is 5.78 Å². The van der Waals surface area contributed by atoms with Crippen LogP contribution in [0.4, 0.5) is 4.39 Å². The maximum Gasteiger partial charge on any atom is 0.170 e. The zero-order valence-electron chi connectivity index (χ0n) is 11.9. The summed E-state index contributed by atoms with van der Waals surface area (Å²) in [5.41, 5.74) is 2.41. The van der Waals surface area contributed by atoms with Crippen LogP contribution in [0.15, 0.2) is 36.4 Å². The Balaban J connectivity index is 2.34. The summed E-state index contributed by atoms with van der Waals surface area (Å²) in [7, 11) is 1.56. The number of carbonyl (C=O) groups is 1. The van der Waals surface area contributed by atoms with Crippen LogP contribution in [0.3, 0.4) is 0 Å². The highest BCUT2D eigenvalue weighted by Gasteiger charge is 2.17. The van der Waals surface area contributed by atoms with Crippen molar-refractivity contribution < 1.29 is 13.9 Å². The fraction of sp³-hybridized carbons (Fsp3) is 0.235. The maximum absolute atomic E-state index is 14.0. The molecule has 0 aliphatic carbocycles. The van der Waals surface area contributed by atoms with Gasteiger partial charge in [0.2, 0.25) is 0 Å². The summed E-state index contributed by atoms with van der Waals surface area (Å²) in [6, 6.07) is 10.5. The van der Waals surface area contributed by atoms with E-state index in [0.717, 1.165) is 11.1 Å². The van der Waals surface area contributed by atoms with E-state index in [0.29, 0.717) is 11.3 Å². The smallest absolute Gasteiger partial charge is 0.170 e. The molecular formula is C17H17FO2. The van der Waals surface area contributed by atoms with Gasteiger partial charge in [-0.1, -0.05) is 24.3 Å². The van der Waals surface area contributed by atoms with Crippen LogP contribution in [-0.2, 0) is 6.42 Å². The molecule has 0 fully saturated rings. The Kier molecular flexibility index (Phi) is 4.18. The summed E-state index contributed by atoms with van der Waals surface area (Å²) in [5, 5.41) is 0. The standard InChI is InChI=1S/C17H17FO2/c1-11-8-12(2)17(14(18)9-11)15(19)10-13-6-4-5-7-16(13)20-3/h4-9H,10H2,1-3H3. The minimum Gasteiger partial charge on any atom is -0.496 e. The number of methoxy groups -OCH3 is 1. The zero-order chi connectivity index (χ0) is 14.7. The molecule has 0 atom stereocenters. The predicted molar refractivity (Wildman–Crippen MR) is 76.9 cm³/mol. The lowest BCUT2D eigenvalue weighted by Crippen LogP contribution is -2.09. The van der Waals surface area contributed by atoms with Crippen LogP contribution in [0.2, 0.25) is 0 Å². The quantitative estimate of drug-likeness (QED) is 0.790. The van der Waals surface area contributed by atoms with E-state index in [2.05, 4.69) is 0 Å². The summed E-state index contributed by atoms with van der Waals surface area (Å²) in [6.45, 7) is 3.57. The molecule has 2 aromatic rings. The van der Waals surface area contributed by atoms with Gasteiger partial charge in [-0.05, 0) is 37.1 Å². The highest BCUT2D eigenvalue weighted by Crippen LogP contribution is 2.22. The molecule has 0 radical (unpaired) electrons. The molecule has 0 heterocycles. The molecule has 0 aliphatic rings. The van der Waals surface area contributed by atoms with Crippen LogP contribution in [0, 0.1) is 19.7 Å². The molecule has 0 aromatic heterocycles. The lowest BCUT2D eigenvalue weighted by molar-refractivity contribution is 0.0987. The van der Waals surface area contributed by atoms with E-state index in [1.54, 1.807) is 20.1 Å². The summed E-state index contributed by atoms with van der Waals surface area (Å²) < 4.78 is 19.2. The first-order valence-electron chi connectivity index (χ1n) is 6.44. The van der Waals surface area contributed by atoms with Crippen molar-refractivity contribution in [1.29, 1.82) is 0 Å². The summed E-state index contributed by atoms with van der Waals surface area (Å²) in [4.78, 5) is 12.3. The number of aryl methyl sites for hydroxylation is 2. The number of hydrogen-bond acceptors (Lipinski definition) is 2. The normalized spacial score (nSPS) is 10.4. The van der Waals surface area contributed by atoms with Crippen LogP contribution < -0.4 is 4.74 Å². The predicted octanol–water partition coefficient (Wildman–Crippen LogP) is 3.88. The molecule has 0 unspecified atom stereocenters. The largest absolute Gasteiger partial charge is 0.496 e. The lowest BCUT2D eigenvalue weighted by Gasteiger charge is -2.10. The SMILES string of the molecule is COc1ccccc1CC(=O)c1c(C)cc(C)cc1F. The van der Waals surface area contributed by atoms with E-state index < -0.39 is 5.82 Å². The fourth-order valence-corrected chi connectivity index (χ4v) is 2.38. The molecule has 2 rings (SSSR count). The number of Topliss-reactive ketones (excluding diaryl/α,β-unsaturated/α-hetero) is 1. The van der Waals surface area contributed by atoms with Crippen molar-refractivity contribution in [3.63, 3.8) is 0 Å². The summed E-state index contributed by atoms with van der Waals surface area (Å²) in [5.74, 6) is -0.0436.